The van der Waals surface area contributed by atoms with Crippen LogP contribution in [0, 0.1) is 5.92 Å². The number of aliphatic imine (C=N–C) groups is 1. The van der Waals surface area contributed by atoms with Crippen molar-refractivity contribution in [1.82, 2.24) is 20.1 Å². The molecule has 2 aliphatic rings. The van der Waals surface area contributed by atoms with Crippen molar-refractivity contribution in [2.45, 2.75) is 46.1 Å². The van der Waals surface area contributed by atoms with Gasteiger partial charge >= 0.3 is 0 Å². The van der Waals surface area contributed by atoms with Gasteiger partial charge in [0.05, 0.1) is 25.5 Å². The molecule has 0 saturated carbocycles. The Hall–Kier alpha value is -1.18. The lowest BCUT2D eigenvalue weighted by Gasteiger charge is -2.29. The monoisotopic (exact) mass is 393 g/mol. The summed E-state index contributed by atoms with van der Waals surface area (Å²) < 4.78 is 5.44. The molecule has 0 amide bonds. The molecule has 1 unspecified atom stereocenters. The van der Waals surface area contributed by atoms with Gasteiger partial charge in [0.1, 0.15) is 5.01 Å². The number of ether oxygens (including phenoxy) is 1. The van der Waals surface area contributed by atoms with Gasteiger partial charge in [-0.15, -0.1) is 11.3 Å². The molecule has 0 aromatic carbocycles. The number of thiazole rings is 1. The van der Waals surface area contributed by atoms with Gasteiger partial charge in [-0.3, -0.25) is 9.89 Å². The maximum Gasteiger partial charge on any atom is 0.194 e. The Kier molecular flexibility index (Phi) is 7.91. The number of fused-ring (bicyclic) bond motifs is 1. The maximum absolute atomic E-state index is 5.44. The summed E-state index contributed by atoms with van der Waals surface area (Å²) in [4.78, 5) is 16.0. The molecule has 1 saturated heterocycles. The molecular formula is C20H35N5OS. The highest BCUT2D eigenvalue weighted by Gasteiger charge is 2.17. The molecule has 6 nitrogen and oxygen atoms in total. The summed E-state index contributed by atoms with van der Waals surface area (Å²) in [6, 6.07) is 0. The minimum Gasteiger partial charge on any atom is -0.379 e. The van der Waals surface area contributed by atoms with Gasteiger partial charge in [-0.2, -0.15) is 0 Å². The average Bonchev–Trinajstić information content (AvgIpc) is 3.08. The van der Waals surface area contributed by atoms with Crippen LogP contribution < -0.4 is 5.32 Å². The van der Waals surface area contributed by atoms with E-state index in [1.807, 2.05) is 11.3 Å². The Balaban J connectivity index is 1.54. The molecule has 0 spiro atoms. The Bertz CT molecular complexity index is 588. The highest BCUT2D eigenvalue weighted by molar-refractivity contribution is 7.11. The van der Waals surface area contributed by atoms with Crippen molar-refractivity contribution >= 4 is 17.3 Å². The van der Waals surface area contributed by atoms with Crippen LogP contribution in [0.1, 0.15) is 42.3 Å². The molecule has 0 bridgehead atoms. The molecule has 1 aromatic heterocycles. The van der Waals surface area contributed by atoms with E-state index in [-0.39, 0.29) is 0 Å². The summed E-state index contributed by atoms with van der Waals surface area (Å²) in [5, 5.41) is 4.66. The molecule has 0 radical (unpaired) electrons. The van der Waals surface area contributed by atoms with E-state index in [1.54, 1.807) is 0 Å². The molecule has 1 fully saturated rings. The van der Waals surface area contributed by atoms with E-state index in [0.717, 1.165) is 64.9 Å². The molecule has 1 atom stereocenters. The summed E-state index contributed by atoms with van der Waals surface area (Å²) in [5.41, 5.74) is 1.34. The third-order valence-corrected chi connectivity index (χ3v) is 6.33. The second kappa shape index (κ2) is 10.4. The van der Waals surface area contributed by atoms with E-state index in [0.29, 0.717) is 5.92 Å². The molecule has 1 N–H and O–H groups in total. The number of nitrogens with one attached hydrogen (secondary N) is 1. The van der Waals surface area contributed by atoms with Gasteiger partial charge in [-0.1, -0.05) is 6.92 Å². The number of aryl methyl sites for hydroxylation is 2. The van der Waals surface area contributed by atoms with Crippen LogP contribution in [0.15, 0.2) is 4.99 Å². The van der Waals surface area contributed by atoms with Crippen molar-refractivity contribution in [3.8, 4) is 0 Å². The van der Waals surface area contributed by atoms with Gasteiger partial charge in [0, 0.05) is 44.6 Å². The van der Waals surface area contributed by atoms with Crippen LogP contribution in [0.2, 0.25) is 0 Å². The van der Waals surface area contributed by atoms with Gasteiger partial charge in [0.25, 0.3) is 0 Å². The molecule has 3 rings (SSSR count). The number of aromatic nitrogens is 1. The third-order valence-electron chi connectivity index (χ3n) is 5.19. The normalized spacial score (nSPS) is 19.6. The van der Waals surface area contributed by atoms with Crippen LogP contribution in [0.25, 0.3) is 0 Å². The molecule has 152 valence electrons. The van der Waals surface area contributed by atoms with Crippen LogP contribution in [-0.2, 0) is 24.1 Å². The topological polar surface area (TPSA) is 53.0 Å². The van der Waals surface area contributed by atoms with Crippen LogP contribution in [0.3, 0.4) is 0 Å². The average molecular weight is 394 g/mol. The number of nitrogens with zero attached hydrogens (tertiary/aromatic N) is 4. The Morgan fingerprint density at radius 3 is 2.85 bits per heavy atom. The van der Waals surface area contributed by atoms with E-state index in [1.165, 1.54) is 34.8 Å². The Morgan fingerprint density at radius 2 is 2.11 bits per heavy atom. The minimum atomic E-state index is 0.539. The molecule has 1 aliphatic heterocycles. The molecule has 1 aromatic rings. The summed E-state index contributed by atoms with van der Waals surface area (Å²) in [6.45, 7) is 11.9. The van der Waals surface area contributed by atoms with Gasteiger partial charge < -0.3 is 15.0 Å². The SMILES string of the molecule is CCNC(=NCC(C)CN1CCOCC1)N(C)Cc1nc2c(s1)CCCC2. The minimum absolute atomic E-state index is 0.539. The molecule has 2 heterocycles. The standard InChI is InChI=1S/C20H35N5OS/c1-4-21-20(22-13-16(2)14-25-9-11-26-12-10-25)24(3)15-19-23-17-7-5-6-8-18(17)27-19/h16H,4-15H2,1-3H3,(H,21,22). The first kappa shape index (κ1) is 20.6. The largest absolute Gasteiger partial charge is 0.379 e. The zero-order valence-corrected chi connectivity index (χ0v) is 18.0. The Labute approximate surface area is 168 Å². The lowest BCUT2D eigenvalue weighted by Crippen LogP contribution is -2.40. The molecule has 27 heavy (non-hydrogen) atoms. The fourth-order valence-electron chi connectivity index (χ4n) is 3.75. The second-order valence-electron chi connectivity index (χ2n) is 7.75. The molecule has 7 heteroatoms. The van der Waals surface area contributed by atoms with Crippen LogP contribution in [0.5, 0.6) is 0 Å². The van der Waals surface area contributed by atoms with Crippen molar-refractivity contribution in [2.24, 2.45) is 10.9 Å². The van der Waals surface area contributed by atoms with Crippen molar-refractivity contribution in [1.29, 1.82) is 0 Å². The summed E-state index contributed by atoms with van der Waals surface area (Å²) in [6.07, 6.45) is 4.97. The number of hydrogen-bond acceptors (Lipinski definition) is 5. The van der Waals surface area contributed by atoms with E-state index < -0.39 is 0 Å². The fraction of sp³-hybridized carbons (Fsp3) is 0.800. The molecular weight excluding hydrogens is 358 g/mol. The zero-order valence-electron chi connectivity index (χ0n) is 17.2. The number of hydrogen-bond donors (Lipinski definition) is 1. The number of rotatable bonds is 7. The second-order valence-corrected chi connectivity index (χ2v) is 8.92. The first-order valence-electron chi connectivity index (χ1n) is 10.4. The predicted octanol–water partition coefficient (Wildman–Crippen LogP) is 2.39. The van der Waals surface area contributed by atoms with Crippen molar-refractivity contribution in [3.05, 3.63) is 15.6 Å². The maximum atomic E-state index is 5.44. The predicted molar refractivity (Wildman–Crippen MR) is 113 cm³/mol. The first-order chi connectivity index (χ1) is 13.2. The summed E-state index contributed by atoms with van der Waals surface area (Å²) >= 11 is 1.89. The van der Waals surface area contributed by atoms with Crippen LogP contribution >= 0.6 is 11.3 Å². The van der Waals surface area contributed by atoms with Crippen molar-refractivity contribution in [2.75, 3.05) is 53.0 Å². The van der Waals surface area contributed by atoms with Gasteiger partial charge in [-0.25, -0.2) is 4.98 Å². The van der Waals surface area contributed by atoms with E-state index in [2.05, 4.69) is 36.0 Å². The highest BCUT2D eigenvalue weighted by atomic mass is 32.1. The fourth-order valence-corrected chi connectivity index (χ4v) is 4.96. The molecule has 1 aliphatic carbocycles. The van der Waals surface area contributed by atoms with Crippen molar-refractivity contribution in [3.63, 3.8) is 0 Å². The van der Waals surface area contributed by atoms with Gasteiger partial charge in [0.2, 0.25) is 0 Å². The lowest BCUT2D eigenvalue weighted by molar-refractivity contribution is 0.0323. The zero-order chi connectivity index (χ0) is 19.1. The Morgan fingerprint density at radius 1 is 1.33 bits per heavy atom. The van der Waals surface area contributed by atoms with E-state index in [9.17, 15) is 0 Å². The summed E-state index contributed by atoms with van der Waals surface area (Å²) in [7, 11) is 2.12. The lowest BCUT2D eigenvalue weighted by atomic mass is 10.0. The van der Waals surface area contributed by atoms with Crippen LogP contribution in [-0.4, -0.2) is 73.7 Å². The highest BCUT2D eigenvalue weighted by Crippen LogP contribution is 2.27. The number of guanidine groups is 1. The number of morpholine rings is 1. The van der Waals surface area contributed by atoms with Gasteiger partial charge in [-0.05, 0) is 38.5 Å². The smallest absolute Gasteiger partial charge is 0.194 e. The van der Waals surface area contributed by atoms with Crippen LogP contribution in [0.4, 0.5) is 0 Å². The van der Waals surface area contributed by atoms with Gasteiger partial charge in [0.15, 0.2) is 5.96 Å². The summed E-state index contributed by atoms with van der Waals surface area (Å²) in [5.74, 6) is 1.52. The first-order valence-corrected chi connectivity index (χ1v) is 11.2. The third kappa shape index (κ3) is 6.16. The van der Waals surface area contributed by atoms with E-state index >= 15 is 0 Å². The quantitative estimate of drug-likeness (QED) is 0.569. The van der Waals surface area contributed by atoms with E-state index in [4.69, 9.17) is 14.7 Å². The van der Waals surface area contributed by atoms with Crippen molar-refractivity contribution < 1.29 is 4.74 Å².